The summed E-state index contributed by atoms with van der Waals surface area (Å²) >= 11 is 0. The van der Waals surface area contributed by atoms with Gasteiger partial charge >= 0.3 is 12.2 Å². The third-order valence-electron chi connectivity index (χ3n) is 10.1. The number of ether oxygens (including phenoxy) is 2. The van der Waals surface area contributed by atoms with E-state index in [1.54, 1.807) is 12.1 Å². The summed E-state index contributed by atoms with van der Waals surface area (Å²) < 4.78 is 10.8. The Morgan fingerprint density at radius 1 is 0.467 bits per heavy atom. The van der Waals surface area contributed by atoms with Crippen LogP contribution in [0.15, 0.2) is 176 Å². The Bertz CT molecular complexity index is 2450. The number of carbonyl (C=O) groups excluding carboxylic acids is 4. The van der Waals surface area contributed by atoms with Crippen molar-refractivity contribution in [3.63, 3.8) is 0 Å². The molecule has 0 bridgehead atoms. The number of hydrogen-bond acceptors (Lipinski definition) is 6. The Kier molecular flexibility index (Phi) is 13.7. The van der Waals surface area contributed by atoms with Crippen LogP contribution in [0.4, 0.5) is 15.3 Å². The zero-order chi connectivity index (χ0) is 41.5. The molecule has 6 aromatic rings. The maximum Gasteiger partial charge on any atom is 0.408 e. The van der Waals surface area contributed by atoms with Crippen LogP contribution in [0.25, 0.3) is 22.3 Å². The van der Waals surface area contributed by atoms with E-state index in [1.807, 2.05) is 164 Å². The lowest BCUT2D eigenvalue weighted by atomic mass is 9.89. The van der Waals surface area contributed by atoms with Crippen LogP contribution in [0.5, 0.6) is 0 Å². The van der Waals surface area contributed by atoms with Gasteiger partial charge in [-0.05, 0) is 64.8 Å². The van der Waals surface area contributed by atoms with Crippen LogP contribution in [0.1, 0.15) is 52.6 Å². The third-order valence-corrected chi connectivity index (χ3v) is 10.1. The fraction of sp³-hybridized carbons (Fsp3) is 0.137. The number of ketones is 1. The zero-order valence-corrected chi connectivity index (χ0v) is 33.0. The van der Waals surface area contributed by atoms with E-state index in [9.17, 15) is 19.2 Å². The normalized spacial score (nSPS) is 12.8. The van der Waals surface area contributed by atoms with Crippen LogP contribution < -0.4 is 16.0 Å². The van der Waals surface area contributed by atoms with Crippen molar-refractivity contribution < 1.29 is 28.7 Å². The number of allylic oxidation sites excluding steroid dienone is 4. The number of nitrogens with one attached hydrogen (secondary N) is 3. The van der Waals surface area contributed by atoms with Gasteiger partial charge in [0.25, 0.3) is 0 Å². The lowest BCUT2D eigenvalue weighted by Crippen LogP contribution is -2.44. The summed E-state index contributed by atoms with van der Waals surface area (Å²) in [7, 11) is 0. The predicted molar refractivity (Wildman–Crippen MR) is 235 cm³/mol. The quantitative estimate of drug-likeness (QED) is 0.0839. The molecule has 60 heavy (non-hydrogen) atoms. The van der Waals surface area contributed by atoms with Gasteiger partial charge < -0.3 is 25.4 Å². The Morgan fingerprint density at radius 2 is 0.883 bits per heavy atom. The van der Waals surface area contributed by atoms with E-state index in [1.165, 1.54) is 0 Å². The number of anilines is 1. The van der Waals surface area contributed by atoms with Crippen LogP contribution in [-0.2, 0) is 32.3 Å². The molecule has 7 rings (SSSR count). The van der Waals surface area contributed by atoms with Crippen molar-refractivity contribution in [1.29, 1.82) is 0 Å². The number of unbranched alkanes of at least 4 members (excludes halogenated alkanes) is 1. The number of rotatable bonds is 16. The molecule has 0 saturated carbocycles. The molecule has 0 saturated heterocycles. The molecule has 9 nitrogen and oxygen atoms in total. The Balaban J connectivity index is 1.08. The van der Waals surface area contributed by atoms with Crippen LogP contribution in [0.2, 0.25) is 0 Å². The topological polar surface area (TPSA) is 123 Å². The maximum atomic E-state index is 14.6. The molecule has 300 valence electrons. The van der Waals surface area contributed by atoms with Gasteiger partial charge in [0.15, 0.2) is 5.78 Å². The average Bonchev–Trinajstić information content (AvgIpc) is 3.61. The first-order valence-electron chi connectivity index (χ1n) is 20.0. The van der Waals surface area contributed by atoms with E-state index >= 15 is 0 Å². The first kappa shape index (κ1) is 40.7. The Labute approximate surface area is 349 Å². The molecule has 0 spiro atoms. The minimum absolute atomic E-state index is 0.0478. The highest BCUT2D eigenvalue weighted by Gasteiger charge is 2.35. The summed E-state index contributed by atoms with van der Waals surface area (Å²) in [5.41, 5.74) is 8.42. The summed E-state index contributed by atoms with van der Waals surface area (Å²) in [4.78, 5) is 53.6. The highest BCUT2D eigenvalue weighted by atomic mass is 16.6. The highest BCUT2D eigenvalue weighted by molar-refractivity contribution is 6.59. The fourth-order valence-corrected chi connectivity index (χ4v) is 7.11. The lowest BCUT2D eigenvalue weighted by molar-refractivity contribution is -0.118. The van der Waals surface area contributed by atoms with E-state index in [4.69, 9.17) is 9.47 Å². The largest absolute Gasteiger partial charge is 0.445 e. The number of alkyl carbamates (subject to hydrolysis) is 2. The van der Waals surface area contributed by atoms with E-state index in [0.29, 0.717) is 36.2 Å². The molecule has 0 fully saturated rings. The number of carbonyl (C=O) groups is 4. The molecule has 0 unspecified atom stereocenters. The second kappa shape index (κ2) is 20.3. The third kappa shape index (κ3) is 10.5. The smallest absolute Gasteiger partial charge is 0.408 e. The van der Waals surface area contributed by atoms with Gasteiger partial charge in [-0.1, -0.05) is 164 Å². The zero-order valence-electron chi connectivity index (χ0n) is 33.0. The molecule has 9 heteroatoms. The monoisotopic (exact) mass is 795 g/mol. The highest BCUT2D eigenvalue weighted by Crippen LogP contribution is 2.49. The summed E-state index contributed by atoms with van der Waals surface area (Å²) in [6, 6.07) is 54.5. The average molecular weight is 796 g/mol. The number of hydrogen-bond donors (Lipinski definition) is 3. The van der Waals surface area contributed by atoms with E-state index in [0.717, 1.165) is 44.5 Å². The number of Topliss-reactive ketones (excluding diaryl/α,β-unsaturated/α-hetero) is 1. The van der Waals surface area contributed by atoms with Crippen LogP contribution in [0.3, 0.4) is 0 Å². The molecule has 0 aliphatic heterocycles. The summed E-state index contributed by atoms with van der Waals surface area (Å²) in [6.07, 6.45) is 0.0822. The minimum atomic E-state index is -0.932. The van der Waals surface area contributed by atoms with Crippen molar-refractivity contribution in [2.75, 3.05) is 11.9 Å². The van der Waals surface area contributed by atoms with E-state index < -0.39 is 24.1 Å². The minimum Gasteiger partial charge on any atom is -0.445 e. The number of benzene rings is 6. The Morgan fingerprint density at radius 3 is 1.37 bits per heavy atom. The second-order valence-corrected chi connectivity index (χ2v) is 14.2. The number of amides is 3. The first-order valence-corrected chi connectivity index (χ1v) is 20.0. The van der Waals surface area contributed by atoms with Crippen LogP contribution >= 0.6 is 0 Å². The molecule has 1 aliphatic carbocycles. The van der Waals surface area contributed by atoms with Gasteiger partial charge in [0.1, 0.15) is 19.3 Å². The Hall–Kier alpha value is -7.52. The molecule has 1 atom stereocenters. The molecule has 1 aliphatic rings. The lowest BCUT2D eigenvalue weighted by Gasteiger charge is -2.19. The molecule has 3 N–H and O–H groups in total. The molecule has 3 amide bonds. The van der Waals surface area contributed by atoms with Crippen LogP contribution in [0, 0.1) is 0 Å². The molecular formula is C51H45N3O6. The van der Waals surface area contributed by atoms with Crippen molar-refractivity contribution in [1.82, 2.24) is 10.6 Å². The first-order chi connectivity index (χ1) is 29.4. The van der Waals surface area contributed by atoms with Gasteiger partial charge in [0.2, 0.25) is 5.91 Å². The molecule has 0 radical (unpaired) electrons. The summed E-state index contributed by atoms with van der Waals surface area (Å²) in [6.45, 7) is 0.539. The summed E-state index contributed by atoms with van der Waals surface area (Å²) in [5, 5.41) is 8.45. The van der Waals surface area contributed by atoms with Crippen molar-refractivity contribution in [3.8, 4) is 0 Å². The van der Waals surface area contributed by atoms with Crippen molar-refractivity contribution in [2.24, 2.45) is 0 Å². The molecule has 6 aromatic carbocycles. The fourth-order valence-electron chi connectivity index (χ4n) is 7.11. The van der Waals surface area contributed by atoms with E-state index in [-0.39, 0.29) is 25.4 Å². The SMILES string of the molecule is O=C(NCCCC[C@H](NC(=O)OCc1ccccc1)C(=O)Nc1ccc(C2=C(c3ccccc3)C(=O)C(c3ccccc3)=C2c2ccccc2)cc1)OCc1ccccc1. The van der Waals surface area contributed by atoms with Gasteiger partial charge in [0, 0.05) is 34.5 Å². The van der Waals surface area contributed by atoms with Gasteiger partial charge in [-0.2, -0.15) is 0 Å². The van der Waals surface area contributed by atoms with Gasteiger partial charge in [-0.15, -0.1) is 0 Å². The van der Waals surface area contributed by atoms with Crippen LogP contribution in [-0.4, -0.2) is 36.5 Å². The molecule has 0 heterocycles. The van der Waals surface area contributed by atoms with Gasteiger partial charge in [-0.3, -0.25) is 9.59 Å². The summed E-state index contributed by atoms with van der Waals surface area (Å²) in [5.74, 6) is -0.489. The second-order valence-electron chi connectivity index (χ2n) is 14.2. The molecule has 0 aromatic heterocycles. The van der Waals surface area contributed by atoms with Gasteiger partial charge in [-0.25, -0.2) is 9.59 Å². The van der Waals surface area contributed by atoms with Gasteiger partial charge in [0.05, 0.1) is 0 Å². The maximum absolute atomic E-state index is 14.6. The van der Waals surface area contributed by atoms with Crippen molar-refractivity contribution >= 4 is 51.9 Å². The predicted octanol–water partition coefficient (Wildman–Crippen LogP) is 10.1. The van der Waals surface area contributed by atoms with E-state index in [2.05, 4.69) is 16.0 Å². The molecular weight excluding hydrogens is 751 g/mol. The van der Waals surface area contributed by atoms with Crippen molar-refractivity contribution in [3.05, 3.63) is 209 Å². The van der Waals surface area contributed by atoms with Crippen molar-refractivity contribution in [2.45, 2.75) is 38.5 Å². The standard InChI is InChI=1S/C51H45N3O6/c55-48-46(39-24-12-4-13-25-39)44(38-22-10-3-11-23-38)45(47(48)40-26-14-5-15-27-40)41-29-31-42(32-30-41)53-49(56)43(54-51(58)60-35-37-20-8-2-9-21-37)28-16-17-33-52-50(57)59-34-36-18-6-1-7-19-36/h1-15,18-27,29-32,43H,16-17,28,33-35H2,(H,52,57)(H,53,56)(H,54,58)/t43-/m0/s1.